The van der Waals surface area contributed by atoms with Crippen LogP contribution in [0.25, 0.3) is 0 Å². The summed E-state index contributed by atoms with van der Waals surface area (Å²) in [5.74, 6) is 0.765. The van der Waals surface area contributed by atoms with E-state index in [1.54, 1.807) is 19.4 Å². The summed E-state index contributed by atoms with van der Waals surface area (Å²) in [6, 6.07) is 9.34. The summed E-state index contributed by atoms with van der Waals surface area (Å²) in [5.41, 5.74) is 1.62. The zero-order valence-electron chi connectivity index (χ0n) is 10.0. The van der Waals surface area contributed by atoms with E-state index >= 15 is 0 Å². The number of benzene rings is 1. The molecule has 94 valence electrons. The summed E-state index contributed by atoms with van der Waals surface area (Å²) in [7, 11) is 1.62. The third kappa shape index (κ3) is 2.81. The third-order valence-corrected chi connectivity index (χ3v) is 3.08. The predicted molar refractivity (Wildman–Crippen MR) is 70.9 cm³/mol. The lowest BCUT2D eigenvalue weighted by molar-refractivity contribution is 0.177. The van der Waals surface area contributed by atoms with E-state index in [0.717, 1.165) is 11.3 Å². The second kappa shape index (κ2) is 5.85. The van der Waals surface area contributed by atoms with Crippen molar-refractivity contribution < 1.29 is 9.84 Å². The zero-order chi connectivity index (χ0) is 13.0. The molecule has 0 saturated carbocycles. The van der Waals surface area contributed by atoms with Gasteiger partial charge in [0.1, 0.15) is 5.75 Å². The van der Waals surface area contributed by atoms with Gasteiger partial charge in [-0.1, -0.05) is 29.8 Å². The van der Waals surface area contributed by atoms with E-state index in [-0.39, 0.29) is 0 Å². The molecular weight excluding hydrogens is 250 g/mol. The van der Waals surface area contributed by atoms with Crippen LogP contribution in [-0.2, 0) is 6.42 Å². The van der Waals surface area contributed by atoms with Crippen molar-refractivity contribution in [3.8, 4) is 5.75 Å². The van der Waals surface area contributed by atoms with Crippen LogP contribution in [0.4, 0.5) is 0 Å². The van der Waals surface area contributed by atoms with Crippen LogP contribution in [0.15, 0.2) is 42.7 Å². The van der Waals surface area contributed by atoms with Gasteiger partial charge in [-0.05, 0) is 17.7 Å². The number of aromatic nitrogens is 1. The molecule has 0 aliphatic rings. The fourth-order valence-corrected chi connectivity index (χ4v) is 2.09. The van der Waals surface area contributed by atoms with E-state index in [2.05, 4.69) is 4.98 Å². The van der Waals surface area contributed by atoms with Crippen LogP contribution in [-0.4, -0.2) is 17.2 Å². The first-order valence-corrected chi connectivity index (χ1v) is 5.99. The molecule has 1 aromatic carbocycles. The number of hydrogen-bond acceptors (Lipinski definition) is 3. The maximum atomic E-state index is 10.2. The Labute approximate surface area is 111 Å². The molecule has 18 heavy (non-hydrogen) atoms. The van der Waals surface area contributed by atoms with Crippen LogP contribution < -0.4 is 4.74 Å². The number of pyridine rings is 1. The Morgan fingerprint density at radius 3 is 2.83 bits per heavy atom. The number of ether oxygens (including phenoxy) is 1. The molecular formula is C14H14ClNO2. The molecule has 3 nitrogen and oxygen atoms in total. The monoisotopic (exact) mass is 263 g/mol. The molecule has 0 amide bonds. The number of para-hydroxylation sites is 1. The Bertz CT molecular complexity index is 531. The first kappa shape index (κ1) is 12.9. The largest absolute Gasteiger partial charge is 0.496 e. The second-order valence-electron chi connectivity index (χ2n) is 3.93. The average Bonchev–Trinajstić information content (AvgIpc) is 2.39. The molecule has 0 fully saturated rings. The van der Waals surface area contributed by atoms with Crippen LogP contribution in [0.3, 0.4) is 0 Å². The molecule has 2 aromatic rings. The Kier molecular flexibility index (Phi) is 4.18. The van der Waals surface area contributed by atoms with Crippen molar-refractivity contribution in [2.24, 2.45) is 0 Å². The molecule has 0 aliphatic carbocycles. The summed E-state index contributed by atoms with van der Waals surface area (Å²) in [6.07, 6.45) is 2.93. The summed E-state index contributed by atoms with van der Waals surface area (Å²) in [5, 5.41) is 10.7. The van der Waals surface area contributed by atoms with Crippen LogP contribution in [0.2, 0.25) is 5.02 Å². The Morgan fingerprint density at radius 2 is 2.11 bits per heavy atom. The van der Waals surface area contributed by atoms with E-state index in [4.69, 9.17) is 16.3 Å². The predicted octanol–water partition coefficient (Wildman–Crippen LogP) is 3.02. The molecule has 0 radical (unpaired) electrons. The second-order valence-corrected chi connectivity index (χ2v) is 4.34. The lowest BCUT2D eigenvalue weighted by Crippen LogP contribution is -2.04. The normalized spacial score (nSPS) is 12.2. The fourth-order valence-electron chi connectivity index (χ4n) is 1.85. The number of halogens is 1. The highest BCUT2D eigenvalue weighted by Crippen LogP contribution is 2.28. The van der Waals surface area contributed by atoms with Crippen molar-refractivity contribution in [1.29, 1.82) is 0 Å². The summed E-state index contributed by atoms with van der Waals surface area (Å²) in [4.78, 5) is 3.90. The number of aliphatic hydroxyl groups is 1. The standard InChI is InChI=1S/C14H14ClNO2/c1-18-14-5-3-2-4-10(14)8-13(17)11-6-7-16-9-12(11)15/h2-7,9,13,17H,8H2,1H3. The van der Waals surface area contributed by atoms with Gasteiger partial charge >= 0.3 is 0 Å². The molecule has 0 saturated heterocycles. The van der Waals surface area contributed by atoms with Crippen molar-refractivity contribution in [2.45, 2.75) is 12.5 Å². The zero-order valence-corrected chi connectivity index (χ0v) is 10.8. The van der Waals surface area contributed by atoms with Gasteiger partial charge in [-0.15, -0.1) is 0 Å². The van der Waals surface area contributed by atoms with Crippen molar-refractivity contribution in [3.05, 3.63) is 58.9 Å². The number of hydrogen-bond donors (Lipinski definition) is 1. The third-order valence-electron chi connectivity index (χ3n) is 2.77. The van der Waals surface area contributed by atoms with Gasteiger partial charge in [0, 0.05) is 24.4 Å². The highest BCUT2D eigenvalue weighted by Gasteiger charge is 2.14. The van der Waals surface area contributed by atoms with E-state index in [1.807, 2.05) is 24.3 Å². The smallest absolute Gasteiger partial charge is 0.122 e. The maximum absolute atomic E-state index is 10.2. The summed E-state index contributed by atoms with van der Waals surface area (Å²) >= 11 is 6.01. The lowest BCUT2D eigenvalue weighted by Gasteiger charge is -2.14. The van der Waals surface area contributed by atoms with Gasteiger partial charge in [-0.25, -0.2) is 0 Å². The van der Waals surface area contributed by atoms with Gasteiger partial charge in [0.2, 0.25) is 0 Å². The molecule has 2 rings (SSSR count). The minimum absolute atomic E-state index is 0.452. The van der Waals surface area contributed by atoms with Crippen LogP contribution >= 0.6 is 11.6 Å². The number of methoxy groups -OCH3 is 1. The van der Waals surface area contributed by atoms with Crippen molar-refractivity contribution in [2.75, 3.05) is 7.11 Å². The number of rotatable bonds is 4. The van der Waals surface area contributed by atoms with Crippen LogP contribution in [0, 0.1) is 0 Å². The first-order chi connectivity index (χ1) is 8.72. The van der Waals surface area contributed by atoms with Gasteiger partial charge in [-0.2, -0.15) is 0 Å². The number of aliphatic hydroxyl groups excluding tert-OH is 1. The van der Waals surface area contributed by atoms with Crippen molar-refractivity contribution >= 4 is 11.6 Å². The van der Waals surface area contributed by atoms with E-state index < -0.39 is 6.10 Å². The quantitative estimate of drug-likeness (QED) is 0.922. The van der Waals surface area contributed by atoms with E-state index in [1.165, 1.54) is 6.20 Å². The molecule has 4 heteroatoms. The number of nitrogens with zero attached hydrogens (tertiary/aromatic N) is 1. The molecule has 0 spiro atoms. The Morgan fingerprint density at radius 1 is 1.33 bits per heavy atom. The minimum Gasteiger partial charge on any atom is -0.496 e. The van der Waals surface area contributed by atoms with Crippen LogP contribution in [0.5, 0.6) is 5.75 Å². The molecule has 1 unspecified atom stereocenters. The van der Waals surface area contributed by atoms with Gasteiger partial charge < -0.3 is 9.84 Å². The van der Waals surface area contributed by atoms with Gasteiger partial charge in [0.25, 0.3) is 0 Å². The minimum atomic E-state index is -0.670. The lowest BCUT2D eigenvalue weighted by atomic mass is 10.0. The van der Waals surface area contributed by atoms with Gasteiger partial charge in [0.05, 0.1) is 18.2 Å². The van der Waals surface area contributed by atoms with Crippen LogP contribution in [0.1, 0.15) is 17.2 Å². The highest BCUT2D eigenvalue weighted by molar-refractivity contribution is 6.31. The first-order valence-electron chi connectivity index (χ1n) is 5.61. The van der Waals surface area contributed by atoms with E-state index in [9.17, 15) is 5.11 Å². The maximum Gasteiger partial charge on any atom is 0.122 e. The average molecular weight is 264 g/mol. The van der Waals surface area contributed by atoms with Gasteiger partial charge in [-0.3, -0.25) is 4.98 Å². The Hall–Kier alpha value is -1.58. The van der Waals surface area contributed by atoms with Crippen molar-refractivity contribution in [3.63, 3.8) is 0 Å². The highest BCUT2D eigenvalue weighted by atomic mass is 35.5. The Balaban J connectivity index is 2.21. The summed E-state index contributed by atoms with van der Waals surface area (Å²) in [6.45, 7) is 0. The molecule has 0 bridgehead atoms. The van der Waals surface area contributed by atoms with Gasteiger partial charge in [0.15, 0.2) is 0 Å². The summed E-state index contributed by atoms with van der Waals surface area (Å²) < 4.78 is 5.26. The topological polar surface area (TPSA) is 42.4 Å². The fraction of sp³-hybridized carbons (Fsp3) is 0.214. The molecule has 0 aliphatic heterocycles. The molecule has 1 atom stereocenters. The molecule has 1 N–H and O–H groups in total. The van der Waals surface area contributed by atoms with Crippen molar-refractivity contribution in [1.82, 2.24) is 4.98 Å². The molecule has 1 heterocycles. The molecule has 1 aromatic heterocycles. The SMILES string of the molecule is COc1ccccc1CC(O)c1ccncc1Cl. The van der Waals surface area contributed by atoms with E-state index in [0.29, 0.717) is 17.0 Å².